The quantitative estimate of drug-likeness (QED) is 0.537. The molecule has 2 atom stereocenters. The second kappa shape index (κ2) is 2.31. The third-order valence-electron chi connectivity index (χ3n) is 1.36. The van der Waals surface area contributed by atoms with Crippen molar-refractivity contribution < 1.29 is 9.18 Å². The number of primary amides is 1. The predicted molar refractivity (Wildman–Crippen MR) is 32.4 cm³/mol. The number of carbonyl (C=O) groups excluding carboxylic acids is 1. The molecule has 0 bridgehead atoms. The molecular formula is C5H11FN2O. The largest absolute Gasteiger partial charge is 0.368 e. The standard InChI is InChI=1S/C5H11FN2O/c1-3(6)5(2,8)4(7)9/h3H,8H2,1-2H3,(H2,7,9). The number of hydrogen-bond donors (Lipinski definition) is 2. The lowest BCUT2D eigenvalue weighted by molar-refractivity contribution is -0.124. The van der Waals surface area contributed by atoms with Crippen LogP contribution in [-0.2, 0) is 4.79 Å². The van der Waals surface area contributed by atoms with Crippen molar-refractivity contribution in [3.8, 4) is 0 Å². The predicted octanol–water partition coefficient (Wildman–Crippen LogP) is -0.453. The van der Waals surface area contributed by atoms with Crippen LogP contribution in [0.4, 0.5) is 4.39 Å². The van der Waals surface area contributed by atoms with Crippen LogP contribution in [0.3, 0.4) is 0 Å². The van der Waals surface area contributed by atoms with Crippen molar-refractivity contribution in [2.75, 3.05) is 0 Å². The number of amides is 1. The molecule has 0 aliphatic heterocycles. The van der Waals surface area contributed by atoms with E-state index in [1.54, 1.807) is 0 Å². The van der Waals surface area contributed by atoms with Crippen molar-refractivity contribution in [1.29, 1.82) is 0 Å². The summed E-state index contributed by atoms with van der Waals surface area (Å²) < 4.78 is 12.3. The zero-order valence-electron chi connectivity index (χ0n) is 5.52. The SMILES string of the molecule is CC(F)C(C)(N)C(N)=O. The summed E-state index contributed by atoms with van der Waals surface area (Å²) in [6.45, 7) is 2.46. The van der Waals surface area contributed by atoms with Gasteiger partial charge in [0.05, 0.1) is 0 Å². The normalized spacial score (nSPS) is 20.4. The molecule has 3 nitrogen and oxygen atoms in total. The molecule has 1 amide bonds. The van der Waals surface area contributed by atoms with Crippen LogP contribution in [0.15, 0.2) is 0 Å². The Labute approximate surface area is 53.2 Å². The average Bonchev–Trinajstić information content (AvgIpc) is 1.65. The van der Waals surface area contributed by atoms with Crippen molar-refractivity contribution in [2.45, 2.75) is 25.6 Å². The Balaban J connectivity index is 4.19. The van der Waals surface area contributed by atoms with Crippen LogP contribution >= 0.6 is 0 Å². The maximum atomic E-state index is 12.3. The zero-order chi connectivity index (χ0) is 7.65. The summed E-state index contributed by atoms with van der Waals surface area (Å²) >= 11 is 0. The molecule has 0 aliphatic carbocycles. The van der Waals surface area contributed by atoms with E-state index in [0.717, 1.165) is 0 Å². The average molecular weight is 134 g/mol. The molecule has 0 spiro atoms. The summed E-state index contributed by atoms with van der Waals surface area (Å²) in [5.41, 5.74) is 8.39. The Morgan fingerprint density at radius 1 is 1.78 bits per heavy atom. The molecule has 2 unspecified atom stereocenters. The Hall–Kier alpha value is -0.640. The highest BCUT2D eigenvalue weighted by molar-refractivity contribution is 5.84. The van der Waals surface area contributed by atoms with E-state index in [2.05, 4.69) is 0 Å². The third-order valence-corrected chi connectivity index (χ3v) is 1.36. The number of halogens is 1. The summed E-state index contributed by atoms with van der Waals surface area (Å²) in [5, 5.41) is 0. The van der Waals surface area contributed by atoms with Crippen molar-refractivity contribution in [3.05, 3.63) is 0 Å². The third kappa shape index (κ3) is 1.64. The van der Waals surface area contributed by atoms with E-state index in [-0.39, 0.29) is 0 Å². The van der Waals surface area contributed by atoms with Crippen molar-refractivity contribution in [2.24, 2.45) is 11.5 Å². The first-order valence-corrected chi connectivity index (χ1v) is 2.62. The van der Waals surface area contributed by atoms with Crippen LogP contribution in [0.2, 0.25) is 0 Å². The van der Waals surface area contributed by atoms with Crippen LogP contribution in [-0.4, -0.2) is 17.6 Å². The van der Waals surface area contributed by atoms with Crippen LogP contribution in [0.25, 0.3) is 0 Å². The molecule has 0 saturated carbocycles. The van der Waals surface area contributed by atoms with E-state index in [4.69, 9.17) is 11.5 Å². The minimum Gasteiger partial charge on any atom is -0.368 e. The molecule has 0 radical (unpaired) electrons. The van der Waals surface area contributed by atoms with E-state index >= 15 is 0 Å². The summed E-state index contributed by atoms with van der Waals surface area (Å²) in [4.78, 5) is 10.3. The van der Waals surface area contributed by atoms with E-state index < -0.39 is 17.6 Å². The summed E-state index contributed by atoms with van der Waals surface area (Å²) in [6.07, 6.45) is -1.41. The molecule has 4 heteroatoms. The Bertz CT molecular complexity index is 122. The van der Waals surface area contributed by atoms with Crippen LogP contribution in [0.5, 0.6) is 0 Å². The number of rotatable bonds is 2. The molecular weight excluding hydrogens is 123 g/mol. The molecule has 0 rings (SSSR count). The minimum atomic E-state index is -1.53. The van der Waals surface area contributed by atoms with Crippen LogP contribution < -0.4 is 11.5 Å². The molecule has 0 saturated heterocycles. The second-order valence-corrected chi connectivity index (χ2v) is 2.26. The number of hydrogen-bond acceptors (Lipinski definition) is 2. The molecule has 0 aromatic heterocycles. The van der Waals surface area contributed by atoms with Gasteiger partial charge in [-0.3, -0.25) is 4.79 Å². The van der Waals surface area contributed by atoms with Gasteiger partial charge in [-0.2, -0.15) is 0 Å². The van der Waals surface area contributed by atoms with Crippen molar-refractivity contribution >= 4 is 5.91 Å². The molecule has 0 aromatic rings. The lowest BCUT2D eigenvalue weighted by Crippen LogP contribution is -2.55. The first-order chi connectivity index (χ1) is 3.89. The number of carbonyl (C=O) groups is 1. The molecule has 9 heavy (non-hydrogen) atoms. The van der Waals surface area contributed by atoms with Gasteiger partial charge in [-0.15, -0.1) is 0 Å². The lowest BCUT2D eigenvalue weighted by Gasteiger charge is -2.21. The van der Waals surface area contributed by atoms with E-state index in [0.29, 0.717) is 0 Å². The van der Waals surface area contributed by atoms with Gasteiger partial charge in [-0.25, -0.2) is 4.39 Å². The lowest BCUT2D eigenvalue weighted by atomic mass is 9.98. The summed E-state index contributed by atoms with van der Waals surface area (Å²) in [7, 11) is 0. The van der Waals surface area contributed by atoms with Crippen molar-refractivity contribution in [3.63, 3.8) is 0 Å². The van der Waals surface area contributed by atoms with Gasteiger partial charge in [0, 0.05) is 0 Å². The molecule has 0 heterocycles. The first-order valence-electron chi connectivity index (χ1n) is 2.62. The molecule has 0 aliphatic rings. The number of alkyl halides is 1. The minimum absolute atomic E-state index is 0.822. The van der Waals surface area contributed by atoms with E-state index in [9.17, 15) is 9.18 Å². The maximum absolute atomic E-state index is 12.3. The zero-order valence-corrected chi connectivity index (χ0v) is 5.52. The fraction of sp³-hybridized carbons (Fsp3) is 0.800. The first kappa shape index (κ1) is 8.36. The summed E-state index contributed by atoms with van der Waals surface area (Å²) in [6, 6.07) is 0. The Kier molecular flexibility index (Phi) is 2.14. The van der Waals surface area contributed by atoms with Gasteiger partial charge in [0.15, 0.2) is 0 Å². The molecule has 54 valence electrons. The van der Waals surface area contributed by atoms with Crippen molar-refractivity contribution in [1.82, 2.24) is 0 Å². The van der Waals surface area contributed by atoms with Crippen LogP contribution in [0.1, 0.15) is 13.8 Å². The molecule has 0 fully saturated rings. The van der Waals surface area contributed by atoms with Gasteiger partial charge >= 0.3 is 0 Å². The van der Waals surface area contributed by atoms with Gasteiger partial charge in [0.2, 0.25) is 5.91 Å². The fourth-order valence-electron chi connectivity index (χ4n) is 0.196. The monoisotopic (exact) mass is 134 g/mol. The van der Waals surface area contributed by atoms with E-state index in [1.807, 2.05) is 0 Å². The maximum Gasteiger partial charge on any atom is 0.240 e. The van der Waals surface area contributed by atoms with Gasteiger partial charge in [0.1, 0.15) is 11.7 Å². The highest BCUT2D eigenvalue weighted by atomic mass is 19.1. The van der Waals surface area contributed by atoms with E-state index in [1.165, 1.54) is 13.8 Å². The molecule has 0 aromatic carbocycles. The smallest absolute Gasteiger partial charge is 0.240 e. The van der Waals surface area contributed by atoms with Gasteiger partial charge in [0.25, 0.3) is 0 Å². The van der Waals surface area contributed by atoms with Gasteiger partial charge < -0.3 is 11.5 Å². The van der Waals surface area contributed by atoms with Crippen LogP contribution in [0, 0.1) is 0 Å². The van der Waals surface area contributed by atoms with Gasteiger partial charge in [-0.1, -0.05) is 0 Å². The fourth-order valence-corrected chi connectivity index (χ4v) is 0.196. The molecule has 4 N–H and O–H groups in total. The second-order valence-electron chi connectivity index (χ2n) is 2.26. The Morgan fingerprint density at radius 3 is 2.11 bits per heavy atom. The highest BCUT2D eigenvalue weighted by Crippen LogP contribution is 2.07. The number of nitrogens with two attached hydrogens (primary N) is 2. The highest BCUT2D eigenvalue weighted by Gasteiger charge is 2.32. The van der Waals surface area contributed by atoms with Gasteiger partial charge in [-0.05, 0) is 13.8 Å². The topological polar surface area (TPSA) is 69.1 Å². The summed E-state index contributed by atoms with van der Waals surface area (Å²) in [5.74, 6) is -0.822. The Morgan fingerprint density at radius 2 is 2.11 bits per heavy atom.